The first-order chi connectivity index (χ1) is 10.5. The van der Waals surface area contributed by atoms with E-state index in [-0.39, 0.29) is 16.5 Å². The Morgan fingerprint density at radius 2 is 1.87 bits per heavy atom. The van der Waals surface area contributed by atoms with Gasteiger partial charge in [0, 0.05) is 17.1 Å². The van der Waals surface area contributed by atoms with E-state index in [1.165, 1.54) is 12.3 Å². The summed E-state index contributed by atoms with van der Waals surface area (Å²) in [5.41, 5.74) is -0.455. The summed E-state index contributed by atoms with van der Waals surface area (Å²) < 4.78 is 46.9. The molecule has 23 heavy (non-hydrogen) atoms. The third-order valence-corrected chi connectivity index (χ3v) is 2.76. The summed E-state index contributed by atoms with van der Waals surface area (Å²) in [5, 5.41) is 0.160. The Bertz CT molecular complexity index is 756. The van der Waals surface area contributed by atoms with Crippen LogP contribution in [0.25, 0.3) is 10.9 Å². The van der Waals surface area contributed by atoms with E-state index in [1.54, 1.807) is 20.8 Å². The number of hydrogen-bond donors (Lipinski definition) is 0. The molecule has 0 radical (unpaired) electrons. The highest BCUT2D eigenvalue weighted by molar-refractivity contribution is 6.01. The molecule has 0 aliphatic rings. The van der Waals surface area contributed by atoms with Gasteiger partial charge in [0.25, 0.3) is 0 Å². The van der Waals surface area contributed by atoms with E-state index in [2.05, 4.69) is 4.74 Å². The topological polar surface area (TPSA) is 57.5 Å². The van der Waals surface area contributed by atoms with Crippen molar-refractivity contribution in [3.05, 3.63) is 30.0 Å². The van der Waals surface area contributed by atoms with E-state index in [0.717, 1.165) is 16.7 Å². The van der Waals surface area contributed by atoms with Crippen molar-refractivity contribution in [3.8, 4) is 5.75 Å². The lowest BCUT2D eigenvalue weighted by atomic mass is 10.2. The van der Waals surface area contributed by atoms with E-state index in [1.807, 2.05) is 0 Å². The van der Waals surface area contributed by atoms with Gasteiger partial charge in [-0.15, -0.1) is 13.2 Å². The predicted molar refractivity (Wildman–Crippen MR) is 75.6 cm³/mol. The Labute approximate surface area is 129 Å². The number of carbonyl (C=O) groups is 2. The van der Waals surface area contributed by atoms with E-state index in [9.17, 15) is 22.8 Å². The summed E-state index contributed by atoms with van der Waals surface area (Å²) >= 11 is 0. The molecule has 124 valence electrons. The van der Waals surface area contributed by atoms with Crippen LogP contribution in [0.15, 0.2) is 24.4 Å². The minimum absolute atomic E-state index is 0.0542. The number of ether oxygens (including phenoxy) is 2. The molecule has 2 rings (SSSR count). The quantitative estimate of drug-likeness (QED) is 0.777. The van der Waals surface area contributed by atoms with Crippen molar-refractivity contribution in [2.24, 2.45) is 0 Å². The standard InChI is InChI=1S/C15H14F3NO4/c1-14(2,3)23-13(21)19-7-9(8-20)11-6-10(4-5-12(11)19)22-15(16,17)18/h4-8H,1-3H3. The van der Waals surface area contributed by atoms with Crippen LogP contribution in [0.3, 0.4) is 0 Å². The highest BCUT2D eigenvalue weighted by Gasteiger charge is 2.31. The molecule has 0 aliphatic carbocycles. The van der Waals surface area contributed by atoms with Crippen LogP contribution in [-0.2, 0) is 4.74 Å². The number of hydrogen-bond acceptors (Lipinski definition) is 4. The second-order valence-corrected chi connectivity index (χ2v) is 5.78. The largest absolute Gasteiger partial charge is 0.573 e. The molecule has 0 unspecified atom stereocenters. The third kappa shape index (κ3) is 4.02. The fourth-order valence-electron chi connectivity index (χ4n) is 1.99. The predicted octanol–water partition coefficient (Wildman–Crippen LogP) is 4.14. The summed E-state index contributed by atoms with van der Waals surface area (Å²) in [6.45, 7) is 5.02. The van der Waals surface area contributed by atoms with Gasteiger partial charge in [-0.3, -0.25) is 9.36 Å². The van der Waals surface area contributed by atoms with Crippen molar-refractivity contribution < 1.29 is 32.2 Å². The van der Waals surface area contributed by atoms with Crippen molar-refractivity contribution in [1.82, 2.24) is 4.57 Å². The van der Waals surface area contributed by atoms with Gasteiger partial charge in [-0.2, -0.15) is 0 Å². The molecule has 1 aromatic heterocycles. The van der Waals surface area contributed by atoms with Crippen molar-refractivity contribution >= 4 is 23.3 Å². The first-order valence-corrected chi connectivity index (χ1v) is 6.59. The monoisotopic (exact) mass is 329 g/mol. The maximum Gasteiger partial charge on any atom is 0.573 e. The number of aromatic nitrogens is 1. The SMILES string of the molecule is CC(C)(C)OC(=O)n1cc(C=O)c2cc(OC(F)(F)F)ccc21. The molecular weight excluding hydrogens is 315 g/mol. The van der Waals surface area contributed by atoms with E-state index >= 15 is 0 Å². The second kappa shape index (κ2) is 5.60. The molecule has 1 heterocycles. The van der Waals surface area contributed by atoms with Gasteiger partial charge in [-0.25, -0.2) is 4.79 Å². The van der Waals surface area contributed by atoms with Crippen LogP contribution in [0.1, 0.15) is 31.1 Å². The molecule has 0 fully saturated rings. The molecule has 0 saturated heterocycles. The number of aldehydes is 1. The summed E-state index contributed by atoms with van der Waals surface area (Å²) in [6.07, 6.45) is -3.92. The minimum atomic E-state index is -4.84. The molecule has 0 spiro atoms. The number of carbonyl (C=O) groups excluding carboxylic acids is 2. The first kappa shape index (κ1) is 16.9. The number of benzene rings is 1. The number of fused-ring (bicyclic) bond motifs is 1. The summed E-state index contributed by atoms with van der Waals surface area (Å²) in [7, 11) is 0. The average Bonchev–Trinajstić information content (AvgIpc) is 2.72. The molecule has 8 heteroatoms. The number of nitrogens with zero attached hydrogens (tertiary/aromatic N) is 1. The fourth-order valence-corrected chi connectivity index (χ4v) is 1.99. The average molecular weight is 329 g/mol. The summed E-state index contributed by atoms with van der Waals surface area (Å²) in [5.74, 6) is -0.477. The Balaban J connectivity index is 2.49. The van der Waals surface area contributed by atoms with Gasteiger partial charge >= 0.3 is 12.5 Å². The van der Waals surface area contributed by atoms with E-state index in [4.69, 9.17) is 4.74 Å². The third-order valence-electron chi connectivity index (χ3n) is 2.76. The number of halogens is 3. The zero-order chi connectivity index (χ0) is 17.4. The molecule has 0 atom stereocenters. The Morgan fingerprint density at radius 3 is 2.39 bits per heavy atom. The van der Waals surface area contributed by atoms with Crippen molar-refractivity contribution in [3.63, 3.8) is 0 Å². The summed E-state index contributed by atoms with van der Waals surface area (Å²) in [4.78, 5) is 23.2. The van der Waals surface area contributed by atoms with Crippen LogP contribution >= 0.6 is 0 Å². The highest BCUT2D eigenvalue weighted by atomic mass is 19.4. The van der Waals surface area contributed by atoms with Crippen LogP contribution in [0.4, 0.5) is 18.0 Å². The van der Waals surface area contributed by atoms with Crippen LogP contribution < -0.4 is 4.74 Å². The Kier molecular flexibility index (Phi) is 4.10. The zero-order valence-electron chi connectivity index (χ0n) is 12.6. The summed E-state index contributed by atoms with van der Waals surface area (Å²) in [6, 6.07) is 3.37. The smallest absolute Gasteiger partial charge is 0.443 e. The number of rotatable bonds is 2. The second-order valence-electron chi connectivity index (χ2n) is 5.78. The van der Waals surface area contributed by atoms with Crippen LogP contribution in [0.5, 0.6) is 5.75 Å². The van der Waals surface area contributed by atoms with Gasteiger partial charge < -0.3 is 9.47 Å². The van der Waals surface area contributed by atoms with Gasteiger partial charge in [0.1, 0.15) is 11.4 Å². The molecule has 0 N–H and O–H groups in total. The lowest BCUT2D eigenvalue weighted by Gasteiger charge is -2.19. The van der Waals surface area contributed by atoms with Crippen LogP contribution in [-0.4, -0.2) is 28.9 Å². The molecule has 0 saturated carbocycles. The van der Waals surface area contributed by atoms with Gasteiger partial charge in [-0.1, -0.05) is 0 Å². The van der Waals surface area contributed by atoms with Crippen molar-refractivity contribution in [2.45, 2.75) is 32.7 Å². The molecule has 1 aromatic carbocycles. The Morgan fingerprint density at radius 1 is 1.22 bits per heavy atom. The lowest BCUT2D eigenvalue weighted by molar-refractivity contribution is -0.274. The molecule has 2 aromatic rings. The van der Waals surface area contributed by atoms with Crippen molar-refractivity contribution in [2.75, 3.05) is 0 Å². The highest BCUT2D eigenvalue weighted by Crippen LogP contribution is 2.29. The Hall–Kier alpha value is -2.51. The van der Waals surface area contributed by atoms with E-state index < -0.39 is 23.8 Å². The first-order valence-electron chi connectivity index (χ1n) is 6.59. The van der Waals surface area contributed by atoms with E-state index in [0.29, 0.717) is 6.29 Å². The normalized spacial score (nSPS) is 12.3. The molecule has 0 aliphatic heterocycles. The van der Waals surface area contributed by atoms with Crippen molar-refractivity contribution in [1.29, 1.82) is 0 Å². The maximum absolute atomic E-state index is 12.3. The van der Waals surface area contributed by atoms with Gasteiger partial charge in [-0.05, 0) is 39.0 Å². The number of alkyl halides is 3. The fraction of sp³-hybridized carbons (Fsp3) is 0.333. The molecular formula is C15H14F3NO4. The lowest BCUT2D eigenvalue weighted by Crippen LogP contribution is -2.26. The van der Waals surface area contributed by atoms with Crippen LogP contribution in [0.2, 0.25) is 0 Å². The van der Waals surface area contributed by atoms with Gasteiger partial charge in [0.2, 0.25) is 0 Å². The molecule has 0 amide bonds. The van der Waals surface area contributed by atoms with Crippen LogP contribution in [0, 0.1) is 0 Å². The molecule has 0 bridgehead atoms. The molecule has 5 nitrogen and oxygen atoms in total. The van der Waals surface area contributed by atoms with Gasteiger partial charge in [0.15, 0.2) is 6.29 Å². The minimum Gasteiger partial charge on any atom is -0.443 e. The maximum atomic E-state index is 12.3. The zero-order valence-corrected chi connectivity index (χ0v) is 12.6. The van der Waals surface area contributed by atoms with Gasteiger partial charge in [0.05, 0.1) is 5.52 Å².